The summed E-state index contributed by atoms with van der Waals surface area (Å²) in [5, 5.41) is 14.2. The summed E-state index contributed by atoms with van der Waals surface area (Å²) in [7, 11) is 0. The number of carbonyl (C=O) groups is 1. The molecule has 0 bridgehead atoms. The van der Waals surface area contributed by atoms with Crippen molar-refractivity contribution in [2.24, 2.45) is 0 Å². The predicted octanol–water partition coefficient (Wildman–Crippen LogP) is 3.06. The number of hydrogen-bond acceptors (Lipinski definition) is 6. The van der Waals surface area contributed by atoms with Gasteiger partial charge in [0.05, 0.1) is 24.3 Å². The lowest BCUT2D eigenvalue weighted by Gasteiger charge is -2.14. The molecule has 0 saturated carbocycles. The van der Waals surface area contributed by atoms with Gasteiger partial charge in [0.1, 0.15) is 0 Å². The molecule has 0 aliphatic heterocycles. The van der Waals surface area contributed by atoms with Crippen molar-refractivity contribution in [3.05, 3.63) is 90.2 Å². The molecule has 0 aliphatic carbocycles. The Bertz CT molecular complexity index is 1260. The summed E-state index contributed by atoms with van der Waals surface area (Å²) < 4.78 is 5.60. The van der Waals surface area contributed by atoms with Gasteiger partial charge in [0.2, 0.25) is 5.69 Å². The number of ether oxygens (including phenoxy) is 1. The molecule has 3 rings (SSSR count). The Morgan fingerprint density at radius 1 is 1.23 bits per heavy atom. The number of rotatable bonds is 5. The van der Waals surface area contributed by atoms with E-state index in [1.165, 1.54) is 12.1 Å². The fourth-order valence-corrected chi connectivity index (χ4v) is 3.18. The summed E-state index contributed by atoms with van der Waals surface area (Å²) in [5.41, 5.74) is -0.971. The van der Waals surface area contributed by atoms with E-state index in [2.05, 4.69) is 11.2 Å². The molecular formula is C20H14Cl2N4O4. The molecule has 1 atom stereocenters. The Morgan fingerprint density at radius 2 is 1.93 bits per heavy atom. The molecule has 1 N–H and O–H groups in total. The highest BCUT2D eigenvalue weighted by Crippen LogP contribution is 2.31. The molecule has 0 radical (unpaired) electrons. The number of carbonyl (C=O) groups excluding carboxylic acids is 1. The zero-order valence-corrected chi connectivity index (χ0v) is 17.1. The van der Waals surface area contributed by atoms with Gasteiger partial charge in [-0.15, -0.1) is 0 Å². The van der Waals surface area contributed by atoms with Crippen LogP contribution in [0.3, 0.4) is 0 Å². The molecule has 152 valence electrons. The first-order valence-electron chi connectivity index (χ1n) is 8.71. The third-order valence-corrected chi connectivity index (χ3v) is 4.75. The zero-order valence-electron chi connectivity index (χ0n) is 15.6. The van der Waals surface area contributed by atoms with Gasteiger partial charge in [-0.05, 0) is 42.3 Å². The first-order valence-corrected chi connectivity index (χ1v) is 9.47. The molecular weight excluding hydrogens is 431 g/mol. The fraction of sp³-hybridized carbons (Fsp3) is 0.150. The summed E-state index contributed by atoms with van der Waals surface area (Å²) >= 11 is 12.3. The van der Waals surface area contributed by atoms with Crippen LogP contribution in [-0.4, -0.2) is 27.3 Å². The topological polar surface area (TPSA) is 118 Å². The lowest BCUT2D eigenvalue weighted by molar-refractivity contribution is 0.0514. The lowest BCUT2D eigenvalue weighted by Crippen LogP contribution is -2.36. The molecule has 1 unspecified atom stereocenters. The highest BCUT2D eigenvalue weighted by molar-refractivity contribution is 6.31. The van der Waals surface area contributed by atoms with Gasteiger partial charge in [-0.3, -0.25) is 9.78 Å². The Labute approximate surface area is 180 Å². The van der Waals surface area contributed by atoms with Crippen molar-refractivity contribution in [1.82, 2.24) is 14.8 Å². The summed E-state index contributed by atoms with van der Waals surface area (Å²) in [6, 6.07) is 13.5. The van der Waals surface area contributed by atoms with E-state index in [9.17, 15) is 19.6 Å². The van der Waals surface area contributed by atoms with Gasteiger partial charge in [-0.25, -0.2) is 9.59 Å². The van der Waals surface area contributed by atoms with Gasteiger partial charge >= 0.3 is 11.7 Å². The fourth-order valence-electron chi connectivity index (χ4n) is 2.77. The summed E-state index contributed by atoms with van der Waals surface area (Å²) in [5.74, 6) is -1.62. The van der Waals surface area contributed by atoms with Crippen LogP contribution in [0.1, 0.15) is 34.5 Å². The number of nitrogens with zero attached hydrogens (tertiary/aromatic N) is 3. The average molecular weight is 445 g/mol. The van der Waals surface area contributed by atoms with Crippen molar-refractivity contribution in [2.45, 2.75) is 12.8 Å². The molecule has 30 heavy (non-hydrogen) atoms. The Morgan fingerprint density at radius 3 is 2.53 bits per heavy atom. The first kappa shape index (κ1) is 21.3. The number of H-pyrrole nitrogens is 1. The summed E-state index contributed by atoms with van der Waals surface area (Å²) in [6.07, 6.45) is 0. The molecule has 8 nitrogen and oxygen atoms in total. The minimum atomic E-state index is -0.956. The van der Waals surface area contributed by atoms with Crippen molar-refractivity contribution in [1.29, 1.82) is 5.26 Å². The highest BCUT2D eigenvalue weighted by atomic mass is 35.5. The SMILES string of the molecule is CCOC(=O)c1nn(-c2ccc(C(C#N)c3ccc(Cl)cc3)c(Cl)c2)c(=O)[nH]c1=O. The molecule has 0 aliphatic rings. The highest BCUT2D eigenvalue weighted by Gasteiger charge is 2.20. The van der Waals surface area contributed by atoms with E-state index in [0.717, 1.165) is 4.68 Å². The maximum absolute atomic E-state index is 12.2. The number of esters is 1. The van der Waals surface area contributed by atoms with Crippen LogP contribution in [0.2, 0.25) is 10.0 Å². The van der Waals surface area contributed by atoms with E-state index < -0.39 is 28.8 Å². The second-order valence-electron chi connectivity index (χ2n) is 6.06. The number of hydrogen-bond donors (Lipinski definition) is 1. The third-order valence-electron chi connectivity index (χ3n) is 4.17. The van der Waals surface area contributed by atoms with Crippen molar-refractivity contribution >= 4 is 29.2 Å². The van der Waals surface area contributed by atoms with Crippen LogP contribution in [0.25, 0.3) is 5.69 Å². The normalized spacial score (nSPS) is 11.5. The van der Waals surface area contributed by atoms with Crippen LogP contribution in [0.15, 0.2) is 52.1 Å². The molecule has 2 aromatic carbocycles. The molecule has 0 saturated heterocycles. The smallest absolute Gasteiger partial charge is 0.364 e. The Hall–Kier alpha value is -3.41. The van der Waals surface area contributed by atoms with E-state index >= 15 is 0 Å². The van der Waals surface area contributed by atoms with Crippen LogP contribution in [0, 0.1) is 11.3 Å². The molecule has 0 amide bonds. The average Bonchev–Trinajstić information content (AvgIpc) is 2.71. The zero-order chi connectivity index (χ0) is 21.8. The number of aromatic amines is 1. The monoisotopic (exact) mass is 444 g/mol. The van der Waals surface area contributed by atoms with Crippen molar-refractivity contribution in [2.75, 3.05) is 6.61 Å². The van der Waals surface area contributed by atoms with Gasteiger partial charge in [-0.1, -0.05) is 41.4 Å². The number of benzene rings is 2. The number of nitriles is 1. The van der Waals surface area contributed by atoms with Crippen LogP contribution in [-0.2, 0) is 4.74 Å². The van der Waals surface area contributed by atoms with Crippen molar-refractivity contribution in [3.8, 4) is 11.8 Å². The minimum Gasteiger partial charge on any atom is -0.461 e. The van der Waals surface area contributed by atoms with Gasteiger partial charge in [0.15, 0.2) is 0 Å². The molecule has 10 heteroatoms. The van der Waals surface area contributed by atoms with Gasteiger partial charge in [0, 0.05) is 10.0 Å². The van der Waals surface area contributed by atoms with E-state index in [4.69, 9.17) is 27.9 Å². The largest absolute Gasteiger partial charge is 0.461 e. The standard InChI is InChI=1S/C20H14Cl2N4O4/c1-2-30-19(28)17-18(27)24-20(29)26(25-17)13-7-8-14(16(22)9-13)15(10-23)11-3-5-12(21)6-4-11/h3-9,15H,2H2,1H3,(H,24,27,29). The summed E-state index contributed by atoms with van der Waals surface area (Å²) in [6.45, 7) is 1.62. The first-order chi connectivity index (χ1) is 14.3. The summed E-state index contributed by atoms with van der Waals surface area (Å²) in [4.78, 5) is 38.0. The maximum Gasteiger partial charge on any atom is 0.364 e. The molecule has 1 aromatic heterocycles. The van der Waals surface area contributed by atoms with Gasteiger partial charge in [0.25, 0.3) is 5.56 Å². The van der Waals surface area contributed by atoms with Gasteiger partial charge < -0.3 is 4.74 Å². The van der Waals surface area contributed by atoms with Crippen molar-refractivity contribution in [3.63, 3.8) is 0 Å². The second-order valence-corrected chi connectivity index (χ2v) is 6.90. The molecule has 0 fully saturated rings. The number of aromatic nitrogens is 3. The van der Waals surface area contributed by atoms with E-state index in [1.807, 2.05) is 4.98 Å². The molecule has 0 spiro atoms. The molecule has 1 heterocycles. The van der Waals surface area contributed by atoms with Gasteiger partial charge in [-0.2, -0.15) is 15.0 Å². The quantitative estimate of drug-likeness (QED) is 0.604. The Balaban J connectivity index is 2.05. The molecule has 3 aromatic rings. The van der Waals surface area contributed by atoms with Crippen molar-refractivity contribution < 1.29 is 9.53 Å². The lowest BCUT2D eigenvalue weighted by atomic mass is 9.92. The van der Waals surface area contributed by atoms with E-state index in [1.54, 1.807) is 37.3 Å². The van der Waals surface area contributed by atoms with E-state index in [-0.39, 0.29) is 17.3 Å². The number of halogens is 2. The number of nitrogens with one attached hydrogen (secondary N) is 1. The Kier molecular flexibility index (Phi) is 6.35. The van der Waals surface area contributed by atoms with Crippen LogP contribution < -0.4 is 11.2 Å². The van der Waals surface area contributed by atoms with Crippen LogP contribution in [0.4, 0.5) is 0 Å². The van der Waals surface area contributed by atoms with Crippen LogP contribution in [0.5, 0.6) is 0 Å². The maximum atomic E-state index is 12.2. The third kappa shape index (κ3) is 4.27. The van der Waals surface area contributed by atoms with E-state index in [0.29, 0.717) is 16.1 Å². The van der Waals surface area contributed by atoms with Crippen LogP contribution >= 0.6 is 23.2 Å². The minimum absolute atomic E-state index is 0.0415. The predicted molar refractivity (Wildman–Crippen MR) is 110 cm³/mol. The second kappa shape index (κ2) is 8.95.